The lowest BCUT2D eigenvalue weighted by Crippen LogP contribution is -2.36. The molecule has 0 bridgehead atoms. The van der Waals surface area contributed by atoms with E-state index < -0.39 is 0 Å². The van der Waals surface area contributed by atoms with Crippen LogP contribution in [0.15, 0.2) is 12.1 Å². The normalized spacial score (nSPS) is 16.7. The Hall–Kier alpha value is -1.31. The van der Waals surface area contributed by atoms with Crippen LogP contribution in [0, 0.1) is 20.8 Å². The average Bonchev–Trinajstić information content (AvgIpc) is 2.15. The molecule has 1 aliphatic heterocycles. The van der Waals surface area contributed by atoms with Gasteiger partial charge in [0.1, 0.15) is 0 Å². The lowest BCUT2D eigenvalue weighted by atomic mass is 10.0. The van der Waals surface area contributed by atoms with Gasteiger partial charge in [0.15, 0.2) is 5.78 Å². The first-order valence-electron chi connectivity index (χ1n) is 5.92. The van der Waals surface area contributed by atoms with Crippen LogP contribution in [0.4, 0.5) is 5.69 Å². The van der Waals surface area contributed by atoms with Crippen LogP contribution in [0.25, 0.3) is 0 Å². The van der Waals surface area contributed by atoms with Crippen molar-refractivity contribution in [3.63, 3.8) is 0 Å². The summed E-state index contributed by atoms with van der Waals surface area (Å²) in [5.41, 5.74) is 5.13. The van der Waals surface area contributed by atoms with Gasteiger partial charge in [0.25, 0.3) is 0 Å². The number of aryl methyl sites for hydroxylation is 3. The first-order valence-corrected chi connectivity index (χ1v) is 5.92. The third-order valence-electron chi connectivity index (χ3n) is 3.20. The second-order valence-electron chi connectivity index (χ2n) is 4.81. The van der Waals surface area contributed by atoms with Crippen molar-refractivity contribution in [3.05, 3.63) is 28.8 Å². The summed E-state index contributed by atoms with van der Waals surface area (Å²) in [5.74, 6) is 0.366. The van der Waals surface area contributed by atoms with E-state index in [-0.39, 0.29) is 0 Å². The fraction of sp³-hybridized carbons (Fsp3) is 0.500. The Balaban J connectivity index is 2.35. The smallest absolute Gasteiger partial charge is 0.152 e. The molecule has 1 fully saturated rings. The van der Waals surface area contributed by atoms with Gasteiger partial charge in [-0.25, -0.2) is 0 Å². The van der Waals surface area contributed by atoms with Crippen LogP contribution in [0.2, 0.25) is 0 Å². The molecule has 1 aromatic rings. The standard InChI is InChI=1S/C14H19NO/c1-10-7-11(2)14(12(3)8-10)15-6-4-5-13(16)9-15/h7-8H,4-6,9H2,1-3H3. The summed E-state index contributed by atoms with van der Waals surface area (Å²) in [4.78, 5) is 13.7. The molecule has 16 heavy (non-hydrogen) atoms. The predicted octanol–water partition coefficient (Wildman–Crippen LogP) is 2.78. The molecule has 0 atom stereocenters. The van der Waals surface area contributed by atoms with Crippen molar-refractivity contribution in [3.8, 4) is 0 Å². The van der Waals surface area contributed by atoms with E-state index in [1.807, 2.05) is 0 Å². The molecule has 1 heterocycles. The van der Waals surface area contributed by atoms with E-state index in [4.69, 9.17) is 0 Å². The molecule has 0 aromatic heterocycles. The van der Waals surface area contributed by atoms with Crippen LogP contribution in [0.3, 0.4) is 0 Å². The summed E-state index contributed by atoms with van der Waals surface area (Å²) in [6.45, 7) is 7.98. The van der Waals surface area contributed by atoms with Crippen LogP contribution in [0.1, 0.15) is 29.5 Å². The number of piperidine rings is 1. The molecule has 0 aliphatic carbocycles. The molecule has 2 rings (SSSR count). The van der Waals surface area contributed by atoms with Crippen molar-refractivity contribution in [2.24, 2.45) is 0 Å². The fourth-order valence-electron chi connectivity index (χ4n) is 2.70. The van der Waals surface area contributed by atoms with Gasteiger partial charge < -0.3 is 4.90 Å². The maximum absolute atomic E-state index is 11.5. The van der Waals surface area contributed by atoms with E-state index in [1.54, 1.807) is 0 Å². The molecule has 2 heteroatoms. The average molecular weight is 217 g/mol. The zero-order chi connectivity index (χ0) is 11.7. The highest BCUT2D eigenvalue weighted by Crippen LogP contribution is 2.27. The van der Waals surface area contributed by atoms with E-state index in [2.05, 4.69) is 37.8 Å². The van der Waals surface area contributed by atoms with Crippen LogP contribution >= 0.6 is 0 Å². The molecule has 86 valence electrons. The second kappa shape index (κ2) is 4.28. The highest BCUT2D eigenvalue weighted by Gasteiger charge is 2.19. The first kappa shape index (κ1) is 11.2. The van der Waals surface area contributed by atoms with Gasteiger partial charge >= 0.3 is 0 Å². The minimum atomic E-state index is 0.366. The van der Waals surface area contributed by atoms with Crippen molar-refractivity contribution < 1.29 is 4.79 Å². The molecular formula is C14H19NO. The van der Waals surface area contributed by atoms with E-state index in [1.165, 1.54) is 22.4 Å². The summed E-state index contributed by atoms with van der Waals surface area (Å²) < 4.78 is 0. The van der Waals surface area contributed by atoms with Crippen molar-refractivity contribution in [1.82, 2.24) is 0 Å². The molecule has 1 aliphatic rings. The molecule has 2 nitrogen and oxygen atoms in total. The van der Waals surface area contributed by atoms with E-state index in [0.717, 1.165) is 19.4 Å². The number of anilines is 1. The maximum atomic E-state index is 11.5. The molecule has 0 unspecified atom stereocenters. The minimum Gasteiger partial charge on any atom is -0.364 e. The Kier molecular flexibility index (Phi) is 2.99. The first-order chi connectivity index (χ1) is 7.58. The quantitative estimate of drug-likeness (QED) is 0.721. The molecule has 0 radical (unpaired) electrons. The number of carbonyl (C=O) groups excluding carboxylic acids is 1. The SMILES string of the molecule is Cc1cc(C)c(N2CCCC(=O)C2)c(C)c1. The Labute approximate surface area is 97.3 Å². The number of Topliss-reactive ketones (excluding diaryl/α,β-unsaturated/α-hetero) is 1. The van der Waals surface area contributed by atoms with Crippen LogP contribution in [-0.4, -0.2) is 18.9 Å². The molecule has 0 spiro atoms. The van der Waals surface area contributed by atoms with Gasteiger partial charge in [-0.3, -0.25) is 4.79 Å². The predicted molar refractivity (Wildman–Crippen MR) is 67.1 cm³/mol. The van der Waals surface area contributed by atoms with Gasteiger partial charge in [0.2, 0.25) is 0 Å². The van der Waals surface area contributed by atoms with Gasteiger partial charge in [0, 0.05) is 18.7 Å². The number of ketones is 1. The summed E-state index contributed by atoms with van der Waals surface area (Å²) in [6.07, 6.45) is 1.74. The van der Waals surface area contributed by atoms with Crippen LogP contribution in [0.5, 0.6) is 0 Å². The molecule has 1 saturated heterocycles. The van der Waals surface area contributed by atoms with E-state index >= 15 is 0 Å². The Morgan fingerprint density at radius 3 is 2.31 bits per heavy atom. The summed E-state index contributed by atoms with van der Waals surface area (Å²) in [5, 5.41) is 0. The molecule has 0 saturated carbocycles. The van der Waals surface area contributed by atoms with E-state index in [9.17, 15) is 4.79 Å². The van der Waals surface area contributed by atoms with Crippen molar-refractivity contribution in [2.75, 3.05) is 18.0 Å². The molecule has 0 N–H and O–H groups in total. The number of carbonyl (C=O) groups is 1. The van der Waals surface area contributed by atoms with Gasteiger partial charge in [-0.15, -0.1) is 0 Å². The van der Waals surface area contributed by atoms with Gasteiger partial charge in [0.05, 0.1) is 6.54 Å². The Bertz CT molecular complexity index is 400. The van der Waals surface area contributed by atoms with Gasteiger partial charge in [-0.05, 0) is 38.3 Å². The number of benzene rings is 1. The fourth-order valence-corrected chi connectivity index (χ4v) is 2.70. The maximum Gasteiger partial charge on any atom is 0.152 e. The van der Waals surface area contributed by atoms with E-state index in [0.29, 0.717) is 12.3 Å². The van der Waals surface area contributed by atoms with Crippen molar-refractivity contribution in [2.45, 2.75) is 33.6 Å². The van der Waals surface area contributed by atoms with Gasteiger partial charge in [-0.2, -0.15) is 0 Å². The largest absolute Gasteiger partial charge is 0.364 e. The number of hydrogen-bond acceptors (Lipinski definition) is 2. The topological polar surface area (TPSA) is 20.3 Å². The number of hydrogen-bond donors (Lipinski definition) is 0. The van der Waals surface area contributed by atoms with Crippen LogP contribution < -0.4 is 4.90 Å². The van der Waals surface area contributed by atoms with Gasteiger partial charge in [-0.1, -0.05) is 17.7 Å². The zero-order valence-electron chi connectivity index (χ0n) is 10.3. The highest BCUT2D eigenvalue weighted by atomic mass is 16.1. The summed E-state index contributed by atoms with van der Waals surface area (Å²) >= 11 is 0. The second-order valence-corrected chi connectivity index (χ2v) is 4.81. The number of nitrogens with zero attached hydrogens (tertiary/aromatic N) is 1. The summed E-state index contributed by atoms with van der Waals surface area (Å²) in [6, 6.07) is 4.39. The monoisotopic (exact) mass is 217 g/mol. The molecular weight excluding hydrogens is 198 g/mol. The lowest BCUT2D eigenvalue weighted by molar-refractivity contribution is -0.118. The lowest BCUT2D eigenvalue weighted by Gasteiger charge is -2.31. The van der Waals surface area contributed by atoms with Crippen molar-refractivity contribution >= 4 is 11.5 Å². The Morgan fingerprint density at radius 1 is 1.12 bits per heavy atom. The Morgan fingerprint density at radius 2 is 1.75 bits per heavy atom. The van der Waals surface area contributed by atoms with Crippen LogP contribution in [-0.2, 0) is 4.79 Å². The number of rotatable bonds is 1. The highest BCUT2D eigenvalue weighted by molar-refractivity contribution is 5.85. The third-order valence-corrected chi connectivity index (χ3v) is 3.20. The molecule has 0 amide bonds. The minimum absolute atomic E-state index is 0.366. The zero-order valence-corrected chi connectivity index (χ0v) is 10.3. The summed E-state index contributed by atoms with van der Waals surface area (Å²) in [7, 11) is 0. The third kappa shape index (κ3) is 2.11. The molecule has 1 aromatic carbocycles. The van der Waals surface area contributed by atoms with Crippen molar-refractivity contribution in [1.29, 1.82) is 0 Å².